The van der Waals surface area contributed by atoms with Crippen LogP contribution in [0.3, 0.4) is 0 Å². The van der Waals surface area contributed by atoms with Crippen LogP contribution in [0.1, 0.15) is 52.7 Å². The molecular formula is C21H29NO. The third kappa shape index (κ3) is 3.52. The Kier molecular flexibility index (Phi) is 4.48. The van der Waals surface area contributed by atoms with E-state index in [2.05, 4.69) is 59.7 Å². The molecule has 0 aromatic heterocycles. The van der Waals surface area contributed by atoms with Gasteiger partial charge in [-0.05, 0) is 34.1 Å². The normalized spacial score (nSPS) is 12.3. The van der Waals surface area contributed by atoms with E-state index in [9.17, 15) is 0 Å². The molecule has 0 radical (unpaired) electrons. The number of nitrogens with two attached hydrogens (primary N) is 1. The Morgan fingerprint density at radius 3 is 1.96 bits per heavy atom. The summed E-state index contributed by atoms with van der Waals surface area (Å²) in [5.41, 5.74) is 11.8. The van der Waals surface area contributed by atoms with Crippen LogP contribution in [-0.2, 0) is 10.8 Å². The van der Waals surface area contributed by atoms with Crippen molar-refractivity contribution in [2.24, 2.45) is 0 Å². The Labute approximate surface area is 140 Å². The first-order valence-corrected chi connectivity index (χ1v) is 8.13. The number of benzene rings is 2. The number of anilines is 1. The average Bonchev–Trinajstić information content (AvgIpc) is 2.44. The zero-order valence-electron chi connectivity index (χ0n) is 15.4. The summed E-state index contributed by atoms with van der Waals surface area (Å²) in [5, 5.41) is 0. The molecule has 0 spiro atoms. The summed E-state index contributed by atoms with van der Waals surface area (Å²) in [4.78, 5) is 0. The van der Waals surface area contributed by atoms with Gasteiger partial charge in [-0.1, -0.05) is 65.8 Å². The first kappa shape index (κ1) is 17.4. The molecule has 0 heterocycles. The van der Waals surface area contributed by atoms with Crippen LogP contribution in [-0.4, -0.2) is 7.11 Å². The van der Waals surface area contributed by atoms with Crippen LogP contribution < -0.4 is 10.5 Å². The van der Waals surface area contributed by atoms with Gasteiger partial charge in [0.15, 0.2) is 0 Å². The number of rotatable bonds is 2. The Balaban J connectivity index is 2.87. The Bertz CT molecular complexity index is 703. The van der Waals surface area contributed by atoms with Gasteiger partial charge in [0.25, 0.3) is 0 Å². The van der Waals surface area contributed by atoms with Crippen LogP contribution in [0.5, 0.6) is 5.75 Å². The Hall–Kier alpha value is -1.96. The van der Waals surface area contributed by atoms with E-state index >= 15 is 0 Å². The fraction of sp³-hybridized carbons (Fsp3) is 0.429. The maximum Gasteiger partial charge on any atom is 0.127 e. The number of methoxy groups -OCH3 is 1. The molecule has 2 heteroatoms. The van der Waals surface area contributed by atoms with Crippen molar-refractivity contribution in [1.29, 1.82) is 0 Å². The highest BCUT2D eigenvalue weighted by molar-refractivity contribution is 5.84. The van der Waals surface area contributed by atoms with Gasteiger partial charge < -0.3 is 10.5 Å². The smallest absolute Gasteiger partial charge is 0.127 e. The van der Waals surface area contributed by atoms with E-state index in [1.54, 1.807) is 7.11 Å². The molecule has 0 saturated carbocycles. The average molecular weight is 311 g/mol. The molecule has 2 nitrogen and oxygen atoms in total. The molecule has 23 heavy (non-hydrogen) atoms. The molecule has 0 fully saturated rings. The van der Waals surface area contributed by atoms with Crippen molar-refractivity contribution >= 4 is 5.69 Å². The number of ether oxygens (including phenoxy) is 1. The van der Waals surface area contributed by atoms with Gasteiger partial charge in [0, 0.05) is 16.8 Å². The molecule has 0 aliphatic rings. The van der Waals surface area contributed by atoms with Crippen LogP contribution in [0.2, 0.25) is 0 Å². The molecule has 2 N–H and O–H groups in total. The lowest BCUT2D eigenvalue weighted by atomic mass is 9.76. The van der Waals surface area contributed by atoms with Crippen LogP contribution in [0.15, 0.2) is 36.4 Å². The molecule has 0 amide bonds. The molecule has 0 saturated heterocycles. The lowest BCUT2D eigenvalue weighted by molar-refractivity contribution is 0.412. The molecule has 0 atom stereocenters. The fourth-order valence-corrected chi connectivity index (χ4v) is 2.80. The highest BCUT2D eigenvalue weighted by Gasteiger charge is 2.26. The van der Waals surface area contributed by atoms with Gasteiger partial charge in [-0.2, -0.15) is 0 Å². The van der Waals surface area contributed by atoms with Gasteiger partial charge in [-0.3, -0.25) is 0 Å². The lowest BCUT2D eigenvalue weighted by Gasteiger charge is -2.29. The van der Waals surface area contributed by atoms with E-state index in [1.165, 1.54) is 11.1 Å². The van der Waals surface area contributed by atoms with E-state index < -0.39 is 0 Å². The fourth-order valence-electron chi connectivity index (χ4n) is 2.80. The van der Waals surface area contributed by atoms with Gasteiger partial charge in [0.05, 0.1) is 7.11 Å². The summed E-state index contributed by atoms with van der Waals surface area (Å²) in [7, 11) is 1.73. The van der Waals surface area contributed by atoms with Gasteiger partial charge in [-0.15, -0.1) is 0 Å². The second-order valence-electron chi connectivity index (χ2n) is 8.19. The van der Waals surface area contributed by atoms with Crippen LogP contribution in [0.25, 0.3) is 11.1 Å². The largest absolute Gasteiger partial charge is 0.496 e. The van der Waals surface area contributed by atoms with E-state index in [0.29, 0.717) is 0 Å². The summed E-state index contributed by atoms with van der Waals surface area (Å²) in [5.74, 6) is 0.889. The first-order valence-electron chi connectivity index (χ1n) is 8.13. The van der Waals surface area contributed by atoms with Crippen molar-refractivity contribution in [3.05, 3.63) is 47.5 Å². The maximum atomic E-state index is 6.26. The van der Waals surface area contributed by atoms with Crippen molar-refractivity contribution < 1.29 is 4.74 Å². The van der Waals surface area contributed by atoms with Crippen molar-refractivity contribution in [3.63, 3.8) is 0 Å². The molecule has 0 bridgehead atoms. The minimum absolute atomic E-state index is 0.00778. The number of para-hydroxylation sites is 1. The number of nitrogen functional groups attached to an aromatic ring is 1. The minimum Gasteiger partial charge on any atom is -0.496 e. The quantitative estimate of drug-likeness (QED) is 0.739. The van der Waals surface area contributed by atoms with Crippen molar-refractivity contribution in [3.8, 4) is 16.9 Å². The Morgan fingerprint density at radius 2 is 1.48 bits per heavy atom. The van der Waals surface area contributed by atoms with E-state index in [0.717, 1.165) is 22.6 Å². The monoisotopic (exact) mass is 311 g/mol. The van der Waals surface area contributed by atoms with Crippen LogP contribution >= 0.6 is 0 Å². The van der Waals surface area contributed by atoms with Crippen LogP contribution in [0.4, 0.5) is 5.69 Å². The summed E-state index contributed by atoms with van der Waals surface area (Å²) in [6, 6.07) is 12.5. The molecule has 124 valence electrons. The van der Waals surface area contributed by atoms with Crippen LogP contribution in [0, 0.1) is 0 Å². The van der Waals surface area contributed by atoms with E-state index in [-0.39, 0.29) is 10.8 Å². The molecular weight excluding hydrogens is 282 g/mol. The predicted molar refractivity (Wildman–Crippen MR) is 100 cm³/mol. The van der Waals surface area contributed by atoms with Crippen molar-refractivity contribution in [1.82, 2.24) is 0 Å². The first-order chi connectivity index (χ1) is 10.6. The van der Waals surface area contributed by atoms with E-state index in [4.69, 9.17) is 10.5 Å². The third-order valence-electron chi connectivity index (χ3n) is 4.23. The van der Waals surface area contributed by atoms with Crippen molar-refractivity contribution in [2.45, 2.75) is 52.4 Å². The second-order valence-corrected chi connectivity index (χ2v) is 8.19. The predicted octanol–water partition coefficient (Wildman–Crippen LogP) is 5.54. The van der Waals surface area contributed by atoms with Gasteiger partial charge >= 0.3 is 0 Å². The van der Waals surface area contributed by atoms with Gasteiger partial charge in [0.2, 0.25) is 0 Å². The molecule has 2 aromatic rings. The third-order valence-corrected chi connectivity index (χ3v) is 4.23. The highest BCUT2D eigenvalue weighted by atomic mass is 16.5. The standard InChI is InChI=1S/C21H29NO/c1-20(2,3)14-12-16(21(4,5)6)19(18(13-14)23-7)15-10-8-9-11-17(15)22/h8-13H,22H2,1-7H3. The summed E-state index contributed by atoms with van der Waals surface area (Å²) < 4.78 is 5.77. The maximum absolute atomic E-state index is 6.26. The molecule has 0 aliphatic carbocycles. The second kappa shape index (κ2) is 5.92. The molecule has 0 unspecified atom stereocenters. The van der Waals surface area contributed by atoms with E-state index in [1.807, 2.05) is 18.2 Å². The highest BCUT2D eigenvalue weighted by Crippen LogP contribution is 2.44. The zero-order valence-corrected chi connectivity index (χ0v) is 15.4. The topological polar surface area (TPSA) is 35.2 Å². The lowest BCUT2D eigenvalue weighted by Crippen LogP contribution is -2.18. The molecule has 2 aromatic carbocycles. The summed E-state index contributed by atoms with van der Waals surface area (Å²) in [6.07, 6.45) is 0. The summed E-state index contributed by atoms with van der Waals surface area (Å²) >= 11 is 0. The van der Waals surface area contributed by atoms with Gasteiger partial charge in [-0.25, -0.2) is 0 Å². The molecule has 0 aliphatic heterocycles. The molecule has 2 rings (SSSR count). The summed E-state index contributed by atoms with van der Waals surface area (Å²) in [6.45, 7) is 13.4. The minimum atomic E-state index is -0.00778. The van der Waals surface area contributed by atoms with Crippen molar-refractivity contribution in [2.75, 3.05) is 12.8 Å². The number of hydrogen-bond donors (Lipinski definition) is 1. The van der Waals surface area contributed by atoms with Gasteiger partial charge in [0.1, 0.15) is 5.75 Å². The SMILES string of the molecule is COc1cc(C(C)(C)C)cc(C(C)(C)C)c1-c1ccccc1N. The zero-order chi connectivity index (χ0) is 17.4. The number of hydrogen-bond acceptors (Lipinski definition) is 2. The Morgan fingerprint density at radius 1 is 0.870 bits per heavy atom.